The Balaban J connectivity index is 1.46. The lowest BCUT2D eigenvalue weighted by Gasteiger charge is -2.12. The Kier molecular flexibility index (Phi) is 3.80. The maximum absolute atomic E-state index is 6.62. The van der Waals surface area contributed by atoms with Gasteiger partial charge in [-0.2, -0.15) is 0 Å². The van der Waals surface area contributed by atoms with Gasteiger partial charge in [-0.15, -0.1) is 22.7 Å². The van der Waals surface area contributed by atoms with Crippen molar-refractivity contribution in [3.05, 3.63) is 71.5 Å². The van der Waals surface area contributed by atoms with Crippen LogP contribution >= 0.6 is 22.7 Å². The number of hydrogen-bond acceptors (Lipinski definition) is 7. The van der Waals surface area contributed by atoms with Crippen molar-refractivity contribution in [1.29, 1.82) is 0 Å². The molecule has 0 aliphatic carbocycles. The quantitative estimate of drug-likeness (QED) is 0.428. The molecule has 1 aliphatic heterocycles. The second-order valence-electron chi connectivity index (χ2n) is 6.82. The predicted octanol–water partition coefficient (Wildman–Crippen LogP) is 5.35. The van der Waals surface area contributed by atoms with Crippen molar-refractivity contribution in [2.45, 2.75) is 6.04 Å². The first kappa shape index (κ1) is 16.9. The smallest absolute Gasteiger partial charge is 0.231 e. The molecule has 1 unspecified atom stereocenters. The molecule has 142 valence electrons. The molecule has 1 atom stereocenters. The van der Waals surface area contributed by atoms with Crippen LogP contribution < -0.4 is 15.2 Å². The average molecular weight is 418 g/mol. The first-order valence-electron chi connectivity index (χ1n) is 9.14. The Morgan fingerprint density at radius 2 is 1.90 bits per heavy atom. The highest BCUT2D eigenvalue weighted by atomic mass is 32.1. The Hall–Kier alpha value is -3.00. The van der Waals surface area contributed by atoms with Gasteiger partial charge in [0.2, 0.25) is 6.79 Å². The molecule has 6 rings (SSSR count). The van der Waals surface area contributed by atoms with Gasteiger partial charge in [-0.25, -0.2) is 9.97 Å². The third kappa shape index (κ3) is 2.70. The normalized spacial score (nSPS) is 14.0. The summed E-state index contributed by atoms with van der Waals surface area (Å²) in [5, 5.41) is 3.47. The number of thiophene rings is 2. The Morgan fingerprint density at radius 3 is 2.86 bits per heavy atom. The van der Waals surface area contributed by atoms with Crippen LogP contribution in [0, 0.1) is 0 Å². The monoisotopic (exact) mass is 417 g/mol. The summed E-state index contributed by atoms with van der Waals surface area (Å²) in [5.74, 6) is 1.47. The SMILES string of the molecule is NC(c1ccc2c(c1)OCO2)c1ncnc2cc(-c3csc4ccccc34)sc12. The van der Waals surface area contributed by atoms with Crippen LogP contribution in [-0.4, -0.2) is 16.8 Å². The number of aromatic nitrogens is 2. The predicted molar refractivity (Wildman–Crippen MR) is 117 cm³/mol. The molecule has 2 aromatic carbocycles. The second-order valence-corrected chi connectivity index (χ2v) is 8.78. The van der Waals surface area contributed by atoms with Crippen LogP contribution in [0.2, 0.25) is 0 Å². The average Bonchev–Trinajstić information content (AvgIpc) is 3.49. The first-order valence-corrected chi connectivity index (χ1v) is 10.8. The molecule has 0 saturated heterocycles. The van der Waals surface area contributed by atoms with Crippen LogP contribution in [0.1, 0.15) is 17.3 Å². The van der Waals surface area contributed by atoms with Gasteiger partial charge in [0.15, 0.2) is 11.5 Å². The molecule has 29 heavy (non-hydrogen) atoms. The van der Waals surface area contributed by atoms with Crippen molar-refractivity contribution < 1.29 is 9.47 Å². The van der Waals surface area contributed by atoms with E-state index in [1.54, 1.807) is 29.0 Å². The lowest BCUT2D eigenvalue weighted by Crippen LogP contribution is -2.13. The fourth-order valence-electron chi connectivity index (χ4n) is 3.66. The molecule has 4 heterocycles. The number of hydrogen-bond donors (Lipinski definition) is 1. The molecule has 0 bridgehead atoms. The highest BCUT2D eigenvalue weighted by Gasteiger charge is 2.21. The fourth-order valence-corrected chi connectivity index (χ4v) is 5.87. The third-order valence-corrected chi connectivity index (χ3v) is 7.28. The number of nitrogens with two attached hydrogens (primary N) is 1. The van der Waals surface area contributed by atoms with E-state index in [1.807, 2.05) is 18.2 Å². The summed E-state index contributed by atoms with van der Waals surface area (Å²) in [6.07, 6.45) is 1.59. The second kappa shape index (κ2) is 6.52. The summed E-state index contributed by atoms with van der Waals surface area (Å²) in [4.78, 5) is 10.2. The topological polar surface area (TPSA) is 70.3 Å². The van der Waals surface area contributed by atoms with Crippen LogP contribution in [0.25, 0.3) is 30.7 Å². The van der Waals surface area contributed by atoms with Crippen molar-refractivity contribution in [3.63, 3.8) is 0 Å². The van der Waals surface area contributed by atoms with Gasteiger partial charge in [-0.05, 0) is 29.8 Å². The van der Waals surface area contributed by atoms with Gasteiger partial charge in [0, 0.05) is 25.9 Å². The lowest BCUT2D eigenvalue weighted by molar-refractivity contribution is 0.174. The molecule has 5 nitrogen and oxygen atoms in total. The fraction of sp³-hybridized carbons (Fsp3) is 0.0909. The van der Waals surface area contributed by atoms with Gasteiger partial charge in [0.25, 0.3) is 0 Å². The molecule has 3 aromatic heterocycles. The van der Waals surface area contributed by atoms with Gasteiger partial charge in [0.1, 0.15) is 6.33 Å². The van der Waals surface area contributed by atoms with Gasteiger partial charge in [-0.1, -0.05) is 24.3 Å². The van der Waals surface area contributed by atoms with Crippen LogP contribution in [-0.2, 0) is 0 Å². The molecule has 0 saturated carbocycles. The summed E-state index contributed by atoms with van der Waals surface area (Å²) >= 11 is 3.45. The summed E-state index contributed by atoms with van der Waals surface area (Å²) in [6, 6.07) is 16.0. The molecule has 0 amide bonds. The minimum Gasteiger partial charge on any atom is -0.454 e. The van der Waals surface area contributed by atoms with E-state index < -0.39 is 0 Å². The minimum atomic E-state index is -0.374. The van der Waals surface area contributed by atoms with E-state index in [0.717, 1.165) is 33.0 Å². The van der Waals surface area contributed by atoms with Crippen LogP contribution in [0.5, 0.6) is 11.5 Å². The van der Waals surface area contributed by atoms with E-state index in [-0.39, 0.29) is 12.8 Å². The van der Waals surface area contributed by atoms with E-state index in [4.69, 9.17) is 15.2 Å². The van der Waals surface area contributed by atoms with Crippen molar-refractivity contribution in [2.75, 3.05) is 6.79 Å². The van der Waals surface area contributed by atoms with Gasteiger partial charge < -0.3 is 15.2 Å². The zero-order valence-electron chi connectivity index (χ0n) is 15.2. The molecule has 1 aliphatic rings. The molecule has 0 fully saturated rings. The molecule has 0 spiro atoms. The largest absolute Gasteiger partial charge is 0.454 e. The van der Waals surface area contributed by atoms with Crippen LogP contribution in [0.3, 0.4) is 0 Å². The molecule has 2 N–H and O–H groups in total. The number of benzene rings is 2. The van der Waals surface area contributed by atoms with E-state index in [1.165, 1.54) is 20.5 Å². The number of ether oxygens (including phenoxy) is 2. The standard InChI is InChI=1S/C22H15N3O2S2/c23-20(12-5-6-16-17(7-12)27-11-26-16)21-22-15(24-10-25-21)8-19(29-22)14-9-28-18-4-2-1-3-13(14)18/h1-10,20H,11,23H2. The molecule has 7 heteroatoms. The zero-order valence-corrected chi connectivity index (χ0v) is 16.8. The van der Waals surface area contributed by atoms with Gasteiger partial charge in [-0.3, -0.25) is 0 Å². The molecule has 5 aromatic rings. The maximum Gasteiger partial charge on any atom is 0.231 e. The highest BCUT2D eigenvalue weighted by Crippen LogP contribution is 2.42. The number of fused-ring (bicyclic) bond motifs is 3. The summed E-state index contributed by atoms with van der Waals surface area (Å²) in [6.45, 7) is 0.245. The molecule has 0 radical (unpaired) electrons. The third-order valence-electron chi connectivity index (χ3n) is 5.14. The minimum absolute atomic E-state index is 0.245. The molecular weight excluding hydrogens is 402 g/mol. The van der Waals surface area contributed by atoms with Crippen LogP contribution in [0.4, 0.5) is 0 Å². The van der Waals surface area contributed by atoms with E-state index in [2.05, 4.69) is 45.7 Å². The maximum atomic E-state index is 6.62. The Bertz CT molecular complexity index is 1380. The number of nitrogens with zero attached hydrogens (tertiary/aromatic N) is 2. The van der Waals surface area contributed by atoms with Gasteiger partial charge in [0.05, 0.1) is 22.0 Å². The van der Waals surface area contributed by atoms with Crippen LogP contribution in [0.15, 0.2) is 60.2 Å². The van der Waals surface area contributed by atoms with Gasteiger partial charge >= 0.3 is 0 Å². The van der Waals surface area contributed by atoms with E-state index in [9.17, 15) is 0 Å². The van der Waals surface area contributed by atoms with E-state index >= 15 is 0 Å². The zero-order chi connectivity index (χ0) is 19.4. The Labute approximate surface area is 174 Å². The molecular formula is C22H15N3O2S2. The summed E-state index contributed by atoms with van der Waals surface area (Å²) in [5.41, 5.74) is 10.5. The van der Waals surface area contributed by atoms with Crippen molar-refractivity contribution in [1.82, 2.24) is 9.97 Å². The first-order chi connectivity index (χ1) is 14.3. The van der Waals surface area contributed by atoms with Crippen molar-refractivity contribution in [2.24, 2.45) is 5.73 Å². The van der Waals surface area contributed by atoms with E-state index in [0.29, 0.717) is 0 Å². The highest BCUT2D eigenvalue weighted by molar-refractivity contribution is 7.23. The summed E-state index contributed by atoms with van der Waals surface area (Å²) in [7, 11) is 0. The summed E-state index contributed by atoms with van der Waals surface area (Å²) < 4.78 is 13.2. The Morgan fingerprint density at radius 1 is 1.00 bits per heavy atom. The number of rotatable bonds is 3. The lowest BCUT2D eigenvalue weighted by atomic mass is 10.0. The van der Waals surface area contributed by atoms with Crippen molar-refractivity contribution >= 4 is 43.0 Å². The van der Waals surface area contributed by atoms with Crippen molar-refractivity contribution in [3.8, 4) is 21.9 Å².